The molecule has 0 bridgehead atoms. The van der Waals surface area contributed by atoms with Gasteiger partial charge in [0.15, 0.2) is 0 Å². The third-order valence-electron chi connectivity index (χ3n) is 2.86. The van der Waals surface area contributed by atoms with Gasteiger partial charge in [-0.15, -0.1) is 5.10 Å². The fourth-order valence-corrected chi connectivity index (χ4v) is 2.30. The van der Waals surface area contributed by atoms with E-state index >= 15 is 0 Å². The number of nitrogens with zero attached hydrogens (tertiary/aromatic N) is 3. The predicted molar refractivity (Wildman–Crippen MR) is 82.1 cm³/mol. The predicted octanol–water partition coefficient (Wildman–Crippen LogP) is 3.95. The van der Waals surface area contributed by atoms with E-state index in [4.69, 9.17) is 32.7 Å². The molecule has 114 valence electrons. The first-order valence-electron chi connectivity index (χ1n) is 6.68. The third kappa shape index (κ3) is 3.74. The molecule has 1 aromatic carbocycles. The molecule has 7 heteroatoms. The lowest BCUT2D eigenvalue weighted by Gasteiger charge is -2.13. The normalized spacial score (nSPS) is 11.3. The van der Waals surface area contributed by atoms with Crippen LogP contribution in [0.1, 0.15) is 31.4 Å². The van der Waals surface area contributed by atoms with E-state index in [9.17, 15) is 0 Å². The van der Waals surface area contributed by atoms with Crippen molar-refractivity contribution in [2.45, 2.75) is 27.1 Å². The molecular weight excluding hydrogens is 313 g/mol. The highest BCUT2D eigenvalue weighted by Crippen LogP contribution is 2.28. The van der Waals surface area contributed by atoms with Crippen molar-refractivity contribution in [1.82, 2.24) is 15.0 Å². The van der Waals surface area contributed by atoms with Gasteiger partial charge in [-0.3, -0.25) is 0 Å². The second-order valence-corrected chi connectivity index (χ2v) is 5.20. The Hall–Kier alpha value is -1.14. The van der Waals surface area contributed by atoms with Gasteiger partial charge in [-0.25, -0.2) is 4.68 Å². The molecule has 0 saturated carbocycles. The molecule has 0 N–H and O–H groups in total. The standard InChI is InChI=1S/C14H17Cl2N3O2/c1-4-20-14(21-5-2)12-8-19(18-17-12)13-7-10(15)9(3)6-11(13)16/h6-8,14H,4-5H2,1-3H3. The van der Waals surface area contributed by atoms with Crippen molar-refractivity contribution in [2.75, 3.05) is 13.2 Å². The van der Waals surface area contributed by atoms with Crippen LogP contribution in [0.15, 0.2) is 18.3 Å². The fourth-order valence-electron chi connectivity index (χ4n) is 1.84. The highest BCUT2D eigenvalue weighted by atomic mass is 35.5. The summed E-state index contributed by atoms with van der Waals surface area (Å²) < 4.78 is 12.6. The minimum absolute atomic E-state index is 0.522. The van der Waals surface area contributed by atoms with E-state index in [0.717, 1.165) is 5.56 Å². The lowest BCUT2D eigenvalue weighted by Crippen LogP contribution is -2.09. The van der Waals surface area contributed by atoms with Gasteiger partial charge in [-0.2, -0.15) is 0 Å². The molecule has 0 fully saturated rings. The van der Waals surface area contributed by atoms with Crippen LogP contribution in [0.5, 0.6) is 0 Å². The average Bonchev–Trinajstić information content (AvgIpc) is 2.92. The van der Waals surface area contributed by atoms with Crippen molar-refractivity contribution in [3.05, 3.63) is 39.6 Å². The molecule has 0 aliphatic rings. The smallest absolute Gasteiger partial charge is 0.204 e. The second kappa shape index (κ2) is 7.22. The van der Waals surface area contributed by atoms with E-state index in [1.54, 1.807) is 23.0 Å². The molecular formula is C14H17Cl2N3O2. The maximum absolute atomic E-state index is 6.24. The number of aryl methyl sites for hydroxylation is 1. The molecule has 0 aliphatic heterocycles. The first-order valence-corrected chi connectivity index (χ1v) is 7.43. The molecule has 1 aromatic heterocycles. The van der Waals surface area contributed by atoms with Crippen molar-refractivity contribution < 1.29 is 9.47 Å². The Morgan fingerprint density at radius 3 is 2.43 bits per heavy atom. The molecule has 0 saturated heterocycles. The Balaban J connectivity index is 2.33. The lowest BCUT2D eigenvalue weighted by atomic mass is 10.2. The highest BCUT2D eigenvalue weighted by Gasteiger charge is 2.17. The SMILES string of the molecule is CCOC(OCC)c1cn(-c2cc(Cl)c(C)cc2Cl)nn1. The van der Waals surface area contributed by atoms with Crippen LogP contribution in [0.3, 0.4) is 0 Å². The molecule has 0 unspecified atom stereocenters. The maximum atomic E-state index is 6.24. The van der Waals surface area contributed by atoms with Crippen molar-refractivity contribution in [1.29, 1.82) is 0 Å². The van der Waals surface area contributed by atoms with Crippen LogP contribution in [0.4, 0.5) is 0 Å². The zero-order chi connectivity index (χ0) is 15.4. The number of hydrogen-bond donors (Lipinski definition) is 0. The summed E-state index contributed by atoms with van der Waals surface area (Å²) in [4.78, 5) is 0. The van der Waals surface area contributed by atoms with Crippen LogP contribution < -0.4 is 0 Å². The van der Waals surface area contributed by atoms with Gasteiger partial charge in [0.05, 0.1) is 16.9 Å². The second-order valence-electron chi connectivity index (χ2n) is 4.38. The summed E-state index contributed by atoms with van der Waals surface area (Å²) in [6.07, 6.45) is 1.19. The van der Waals surface area contributed by atoms with Crippen LogP contribution >= 0.6 is 23.2 Å². The summed E-state index contributed by atoms with van der Waals surface area (Å²) in [5, 5.41) is 9.33. The Labute approximate surface area is 133 Å². The van der Waals surface area contributed by atoms with Crippen LogP contribution in [0.2, 0.25) is 10.0 Å². The third-order valence-corrected chi connectivity index (χ3v) is 3.57. The highest BCUT2D eigenvalue weighted by molar-refractivity contribution is 6.35. The van der Waals surface area contributed by atoms with E-state index in [2.05, 4.69) is 10.3 Å². The monoisotopic (exact) mass is 329 g/mol. The molecule has 2 rings (SSSR count). The Morgan fingerprint density at radius 1 is 1.14 bits per heavy atom. The molecule has 0 amide bonds. The number of halogens is 2. The van der Waals surface area contributed by atoms with Crippen LogP contribution in [-0.4, -0.2) is 28.2 Å². The molecule has 5 nitrogen and oxygen atoms in total. The number of rotatable bonds is 6. The quantitative estimate of drug-likeness (QED) is 0.753. The number of benzene rings is 1. The van der Waals surface area contributed by atoms with E-state index < -0.39 is 6.29 Å². The summed E-state index contributed by atoms with van der Waals surface area (Å²) in [6, 6.07) is 3.55. The van der Waals surface area contributed by atoms with Gasteiger partial charge in [0.25, 0.3) is 0 Å². The average molecular weight is 330 g/mol. The summed E-state index contributed by atoms with van der Waals surface area (Å²) in [7, 11) is 0. The van der Waals surface area contributed by atoms with Crippen LogP contribution in [0.25, 0.3) is 5.69 Å². The summed E-state index contributed by atoms with van der Waals surface area (Å²) in [6.45, 7) is 6.73. The van der Waals surface area contributed by atoms with Gasteiger partial charge >= 0.3 is 0 Å². The van der Waals surface area contributed by atoms with Gasteiger partial charge in [-0.1, -0.05) is 28.4 Å². The maximum Gasteiger partial charge on any atom is 0.204 e. The molecule has 0 atom stereocenters. The van der Waals surface area contributed by atoms with Crippen LogP contribution in [0, 0.1) is 6.92 Å². The first kappa shape index (κ1) is 16.2. The van der Waals surface area contributed by atoms with E-state index in [1.165, 1.54) is 0 Å². The molecule has 0 aliphatic carbocycles. The Morgan fingerprint density at radius 2 is 1.81 bits per heavy atom. The number of hydrogen-bond acceptors (Lipinski definition) is 4. The van der Waals surface area contributed by atoms with Gasteiger partial charge in [0.2, 0.25) is 6.29 Å². The number of aromatic nitrogens is 3. The van der Waals surface area contributed by atoms with Crippen molar-refractivity contribution in [3.8, 4) is 5.69 Å². The largest absolute Gasteiger partial charge is 0.347 e. The van der Waals surface area contributed by atoms with Gasteiger partial charge in [0.1, 0.15) is 5.69 Å². The van der Waals surface area contributed by atoms with E-state index in [0.29, 0.717) is 34.6 Å². The Bertz CT molecular complexity index is 610. The van der Waals surface area contributed by atoms with Crippen molar-refractivity contribution in [3.63, 3.8) is 0 Å². The number of ether oxygens (including phenoxy) is 2. The molecule has 21 heavy (non-hydrogen) atoms. The summed E-state index contributed by atoms with van der Waals surface area (Å²) >= 11 is 12.4. The lowest BCUT2D eigenvalue weighted by molar-refractivity contribution is -0.142. The fraction of sp³-hybridized carbons (Fsp3) is 0.429. The molecule has 1 heterocycles. The zero-order valence-electron chi connectivity index (χ0n) is 12.1. The van der Waals surface area contributed by atoms with Crippen molar-refractivity contribution in [2.24, 2.45) is 0 Å². The van der Waals surface area contributed by atoms with Gasteiger partial charge in [0, 0.05) is 18.2 Å². The van der Waals surface area contributed by atoms with E-state index in [-0.39, 0.29) is 0 Å². The zero-order valence-corrected chi connectivity index (χ0v) is 13.6. The van der Waals surface area contributed by atoms with E-state index in [1.807, 2.05) is 20.8 Å². The minimum Gasteiger partial charge on any atom is -0.347 e. The summed E-state index contributed by atoms with van der Waals surface area (Å²) in [5.74, 6) is 0. The van der Waals surface area contributed by atoms with Crippen molar-refractivity contribution >= 4 is 23.2 Å². The van der Waals surface area contributed by atoms with Gasteiger partial charge < -0.3 is 9.47 Å². The van der Waals surface area contributed by atoms with Crippen LogP contribution in [-0.2, 0) is 9.47 Å². The molecule has 0 spiro atoms. The first-order chi connectivity index (χ1) is 10.1. The topological polar surface area (TPSA) is 49.2 Å². The van der Waals surface area contributed by atoms with Gasteiger partial charge in [-0.05, 0) is 38.5 Å². The summed E-state index contributed by atoms with van der Waals surface area (Å²) in [5.41, 5.74) is 2.16. The Kier molecular flexibility index (Phi) is 5.58. The minimum atomic E-state index is -0.534. The molecule has 0 radical (unpaired) electrons. The molecule has 2 aromatic rings.